The number of rotatable bonds is 3. The number of anilines is 2. The molecular formula is C21H26N2O. The van der Waals surface area contributed by atoms with Crippen LogP contribution in [-0.4, -0.2) is 19.0 Å². The number of amides is 1. The molecule has 2 aromatic rings. The van der Waals surface area contributed by atoms with Crippen LogP contribution in [0.5, 0.6) is 0 Å². The number of nitrogens with zero attached hydrogens (tertiary/aromatic N) is 1. The molecular weight excluding hydrogens is 296 g/mol. The molecule has 1 amide bonds. The van der Waals surface area contributed by atoms with Crippen LogP contribution in [-0.2, 0) is 17.6 Å². The first-order valence-electron chi connectivity index (χ1n) is 8.81. The molecule has 24 heavy (non-hydrogen) atoms. The molecule has 0 fully saturated rings. The zero-order valence-electron chi connectivity index (χ0n) is 14.9. The monoisotopic (exact) mass is 322 g/mol. The van der Waals surface area contributed by atoms with Crippen molar-refractivity contribution in [2.45, 2.75) is 40.0 Å². The Morgan fingerprint density at radius 1 is 1.04 bits per heavy atom. The summed E-state index contributed by atoms with van der Waals surface area (Å²) in [6.07, 6.45) is 2.68. The van der Waals surface area contributed by atoms with Gasteiger partial charge in [0, 0.05) is 30.9 Å². The molecule has 2 aromatic carbocycles. The lowest BCUT2D eigenvalue weighted by Gasteiger charge is -2.25. The summed E-state index contributed by atoms with van der Waals surface area (Å²) in [5.41, 5.74) is 7.43. The molecule has 0 unspecified atom stereocenters. The Bertz CT molecular complexity index is 701. The van der Waals surface area contributed by atoms with Crippen molar-refractivity contribution in [1.82, 2.24) is 0 Å². The van der Waals surface area contributed by atoms with Crippen molar-refractivity contribution in [1.29, 1.82) is 0 Å². The predicted octanol–water partition coefficient (Wildman–Crippen LogP) is 4.26. The molecule has 0 saturated carbocycles. The van der Waals surface area contributed by atoms with Crippen molar-refractivity contribution in [3.8, 4) is 0 Å². The van der Waals surface area contributed by atoms with E-state index in [9.17, 15) is 4.79 Å². The molecule has 0 radical (unpaired) electrons. The fraction of sp³-hybridized carbons (Fsp3) is 0.381. The average molecular weight is 322 g/mol. The molecule has 0 aromatic heterocycles. The third kappa shape index (κ3) is 3.45. The quantitative estimate of drug-likeness (QED) is 0.916. The molecule has 3 rings (SSSR count). The molecule has 126 valence electrons. The van der Waals surface area contributed by atoms with Crippen LogP contribution in [0.4, 0.5) is 11.4 Å². The van der Waals surface area contributed by atoms with Gasteiger partial charge in [-0.05, 0) is 61.1 Å². The highest BCUT2D eigenvalue weighted by molar-refractivity contribution is 5.92. The predicted molar refractivity (Wildman–Crippen MR) is 101 cm³/mol. The van der Waals surface area contributed by atoms with E-state index in [1.54, 1.807) is 0 Å². The maximum Gasteiger partial charge on any atom is 0.224 e. The van der Waals surface area contributed by atoms with Crippen molar-refractivity contribution >= 4 is 17.3 Å². The van der Waals surface area contributed by atoms with Gasteiger partial charge in [-0.2, -0.15) is 0 Å². The van der Waals surface area contributed by atoms with E-state index in [4.69, 9.17) is 0 Å². The van der Waals surface area contributed by atoms with Crippen LogP contribution < -0.4 is 10.2 Å². The van der Waals surface area contributed by atoms with Gasteiger partial charge in [-0.25, -0.2) is 0 Å². The van der Waals surface area contributed by atoms with Gasteiger partial charge in [0.2, 0.25) is 5.91 Å². The van der Waals surface area contributed by atoms with Crippen molar-refractivity contribution in [3.63, 3.8) is 0 Å². The Balaban J connectivity index is 1.82. The van der Waals surface area contributed by atoms with E-state index in [1.165, 1.54) is 16.8 Å². The van der Waals surface area contributed by atoms with E-state index in [-0.39, 0.29) is 5.91 Å². The lowest BCUT2D eigenvalue weighted by atomic mass is 10.0. The lowest BCUT2D eigenvalue weighted by Crippen LogP contribution is -2.26. The molecule has 3 nitrogen and oxygen atoms in total. The largest absolute Gasteiger partial charge is 0.371 e. The summed E-state index contributed by atoms with van der Waals surface area (Å²) < 4.78 is 0. The number of fused-ring (bicyclic) bond motifs is 1. The lowest BCUT2D eigenvalue weighted by molar-refractivity contribution is -0.115. The minimum absolute atomic E-state index is 0.0687. The van der Waals surface area contributed by atoms with Gasteiger partial charge >= 0.3 is 0 Å². The van der Waals surface area contributed by atoms with Crippen LogP contribution in [0.2, 0.25) is 0 Å². The zero-order chi connectivity index (χ0) is 17.1. The van der Waals surface area contributed by atoms with Crippen LogP contribution >= 0.6 is 0 Å². The summed E-state index contributed by atoms with van der Waals surface area (Å²) in [5.74, 6) is 0.0687. The molecule has 3 heteroatoms. The van der Waals surface area contributed by atoms with E-state index in [0.29, 0.717) is 6.42 Å². The summed E-state index contributed by atoms with van der Waals surface area (Å²) in [6, 6.07) is 13.2. The van der Waals surface area contributed by atoms with Crippen molar-refractivity contribution in [2.75, 3.05) is 23.3 Å². The molecule has 1 N–H and O–H groups in total. The first-order valence-corrected chi connectivity index (χ1v) is 8.81. The maximum atomic E-state index is 11.7. The number of carbonyl (C=O) groups excluding carboxylic acids is 1. The summed E-state index contributed by atoms with van der Waals surface area (Å²) in [6.45, 7) is 8.11. The molecule has 0 saturated heterocycles. The van der Waals surface area contributed by atoms with Crippen LogP contribution in [0.15, 0.2) is 36.4 Å². The Hall–Kier alpha value is -2.29. The van der Waals surface area contributed by atoms with Gasteiger partial charge < -0.3 is 10.2 Å². The van der Waals surface area contributed by atoms with Gasteiger partial charge in [-0.15, -0.1) is 0 Å². The zero-order valence-corrected chi connectivity index (χ0v) is 14.9. The summed E-state index contributed by atoms with van der Waals surface area (Å²) in [7, 11) is 0. The number of benzene rings is 2. The first kappa shape index (κ1) is 16.6. The minimum Gasteiger partial charge on any atom is -0.371 e. The van der Waals surface area contributed by atoms with Crippen LogP contribution in [0, 0.1) is 13.8 Å². The van der Waals surface area contributed by atoms with E-state index < -0.39 is 0 Å². The van der Waals surface area contributed by atoms with E-state index in [2.05, 4.69) is 60.5 Å². The van der Waals surface area contributed by atoms with Gasteiger partial charge in [0.1, 0.15) is 0 Å². The van der Waals surface area contributed by atoms with Crippen LogP contribution in [0.25, 0.3) is 0 Å². The number of aryl methyl sites for hydroxylation is 2. The van der Waals surface area contributed by atoms with Crippen LogP contribution in [0.3, 0.4) is 0 Å². The smallest absolute Gasteiger partial charge is 0.224 e. The minimum atomic E-state index is 0.0687. The fourth-order valence-corrected chi connectivity index (χ4v) is 3.47. The number of nitrogens with one attached hydrogen (secondary N) is 1. The first-order chi connectivity index (χ1) is 11.6. The Kier molecular flexibility index (Phi) is 4.89. The van der Waals surface area contributed by atoms with Gasteiger partial charge in [0.15, 0.2) is 0 Å². The molecule has 0 aliphatic carbocycles. The second kappa shape index (κ2) is 7.08. The van der Waals surface area contributed by atoms with Crippen LogP contribution in [0.1, 0.15) is 35.6 Å². The molecule has 0 atom stereocenters. The second-order valence-electron chi connectivity index (χ2n) is 6.61. The van der Waals surface area contributed by atoms with Crippen molar-refractivity contribution < 1.29 is 4.79 Å². The Morgan fingerprint density at radius 2 is 1.58 bits per heavy atom. The van der Waals surface area contributed by atoms with Gasteiger partial charge in [0.25, 0.3) is 0 Å². The highest BCUT2D eigenvalue weighted by Gasteiger charge is 2.16. The molecule has 0 spiro atoms. The third-order valence-corrected chi connectivity index (χ3v) is 4.89. The SMILES string of the molecule is CCC(=O)Nc1c(C)cc(N2CCc3ccccc3CC2)cc1C. The molecule has 1 aliphatic rings. The normalized spacial score (nSPS) is 14.0. The van der Waals surface area contributed by atoms with Gasteiger partial charge in [0.05, 0.1) is 0 Å². The Morgan fingerprint density at radius 3 is 2.08 bits per heavy atom. The van der Waals surface area contributed by atoms with E-state index >= 15 is 0 Å². The number of hydrogen-bond acceptors (Lipinski definition) is 2. The summed E-state index contributed by atoms with van der Waals surface area (Å²) in [4.78, 5) is 14.2. The third-order valence-electron chi connectivity index (χ3n) is 4.89. The Labute approximate surface area is 144 Å². The van der Waals surface area contributed by atoms with Gasteiger partial charge in [-0.3, -0.25) is 4.79 Å². The highest BCUT2D eigenvalue weighted by Crippen LogP contribution is 2.29. The maximum absolute atomic E-state index is 11.7. The van der Waals surface area contributed by atoms with Crippen molar-refractivity contribution in [2.24, 2.45) is 0 Å². The second-order valence-corrected chi connectivity index (χ2v) is 6.61. The standard InChI is InChI=1S/C21H26N2O/c1-4-20(24)22-21-15(2)13-19(14-16(21)3)23-11-9-17-7-5-6-8-18(17)10-12-23/h5-8,13-14H,4,9-12H2,1-3H3,(H,22,24). The molecule has 0 bridgehead atoms. The van der Waals surface area contributed by atoms with E-state index in [0.717, 1.165) is 42.7 Å². The number of carbonyl (C=O) groups is 1. The average Bonchev–Trinajstić information content (AvgIpc) is 2.80. The summed E-state index contributed by atoms with van der Waals surface area (Å²) >= 11 is 0. The molecule has 1 aliphatic heterocycles. The summed E-state index contributed by atoms with van der Waals surface area (Å²) in [5, 5.41) is 3.03. The van der Waals surface area contributed by atoms with Gasteiger partial charge in [-0.1, -0.05) is 31.2 Å². The number of hydrogen-bond donors (Lipinski definition) is 1. The fourth-order valence-electron chi connectivity index (χ4n) is 3.47. The topological polar surface area (TPSA) is 32.3 Å². The highest BCUT2D eigenvalue weighted by atomic mass is 16.1. The van der Waals surface area contributed by atoms with E-state index in [1.807, 2.05) is 6.92 Å². The molecule has 1 heterocycles. The van der Waals surface area contributed by atoms with Crippen molar-refractivity contribution in [3.05, 3.63) is 58.7 Å².